The van der Waals surface area contributed by atoms with Gasteiger partial charge < -0.3 is 14.8 Å². The van der Waals surface area contributed by atoms with Crippen LogP contribution in [0.25, 0.3) is 0 Å². The quantitative estimate of drug-likeness (QED) is 0.533. The van der Waals surface area contributed by atoms with Crippen molar-refractivity contribution in [2.24, 2.45) is 0 Å². The van der Waals surface area contributed by atoms with Gasteiger partial charge in [-0.05, 0) is 49.2 Å². The van der Waals surface area contributed by atoms with Crippen molar-refractivity contribution >= 4 is 40.6 Å². The summed E-state index contributed by atoms with van der Waals surface area (Å²) in [5, 5.41) is 3.26. The Morgan fingerprint density at radius 3 is 2.41 bits per heavy atom. The summed E-state index contributed by atoms with van der Waals surface area (Å²) in [6.45, 7) is 4.79. The predicted octanol–water partition coefficient (Wildman–Crippen LogP) is 3.46. The van der Waals surface area contributed by atoms with Crippen molar-refractivity contribution in [1.82, 2.24) is 5.32 Å². The van der Waals surface area contributed by atoms with Gasteiger partial charge in [-0.15, -0.1) is 11.3 Å². The number of nitrogens with one attached hydrogen (secondary N) is 1. The van der Waals surface area contributed by atoms with Gasteiger partial charge in [0.05, 0.1) is 11.4 Å². The summed E-state index contributed by atoms with van der Waals surface area (Å²) in [6, 6.07) is 6.89. The highest BCUT2D eigenvalue weighted by Crippen LogP contribution is 2.27. The van der Waals surface area contributed by atoms with E-state index in [1.54, 1.807) is 24.3 Å². The van der Waals surface area contributed by atoms with E-state index >= 15 is 0 Å². The Bertz CT molecular complexity index is 839. The molecule has 0 unspecified atom stereocenters. The minimum atomic E-state index is -0.632. The molecule has 1 heterocycles. The number of amides is 1. The number of hydrogen-bond acceptors (Lipinski definition) is 6. The largest absolute Gasteiger partial charge is 0.481 e. The van der Waals surface area contributed by atoms with E-state index in [4.69, 9.17) is 21.1 Å². The fraction of sp³-hybridized carbons (Fsp3) is 0.316. The number of ether oxygens (including phenoxy) is 2. The summed E-state index contributed by atoms with van der Waals surface area (Å²) >= 11 is 7.21. The molecule has 1 aromatic carbocycles. The molecule has 144 valence electrons. The van der Waals surface area contributed by atoms with Gasteiger partial charge in [-0.25, -0.2) is 4.79 Å². The predicted molar refractivity (Wildman–Crippen MR) is 104 cm³/mol. The topological polar surface area (TPSA) is 81.7 Å². The fourth-order valence-corrected chi connectivity index (χ4v) is 3.55. The fourth-order valence-electron chi connectivity index (χ4n) is 2.35. The molecule has 1 amide bonds. The molecule has 2 rings (SSSR count). The summed E-state index contributed by atoms with van der Waals surface area (Å²) in [7, 11) is 0. The van der Waals surface area contributed by atoms with Crippen molar-refractivity contribution in [2.75, 3.05) is 13.2 Å². The highest BCUT2D eigenvalue weighted by molar-refractivity contribution is 7.14. The summed E-state index contributed by atoms with van der Waals surface area (Å²) in [6.07, 6.45) is 0. The van der Waals surface area contributed by atoms with Crippen LogP contribution in [0.1, 0.15) is 32.6 Å². The van der Waals surface area contributed by atoms with Crippen LogP contribution in [0.5, 0.6) is 5.75 Å². The van der Waals surface area contributed by atoms with Crippen LogP contribution in [0.15, 0.2) is 24.3 Å². The highest BCUT2D eigenvalue weighted by atomic mass is 35.5. The molecule has 6 nitrogen and oxygen atoms in total. The van der Waals surface area contributed by atoms with E-state index < -0.39 is 5.97 Å². The summed E-state index contributed by atoms with van der Waals surface area (Å²) in [5.74, 6) is -0.506. The molecule has 0 atom stereocenters. The molecule has 0 saturated heterocycles. The zero-order valence-electron chi connectivity index (χ0n) is 15.3. The third-order valence-electron chi connectivity index (χ3n) is 3.57. The Labute approximate surface area is 166 Å². The highest BCUT2D eigenvalue weighted by Gasteiger charge is 2.14. The van der Waals surface area contributed by atoms with Crippen molar-refractivity contribution in [3.8, 4) is 5.75 Å². The van der Waals surface area contributed by atoms with Gasteiger partial charge in [0.15, 0.2) is 13.2 Å². The molecule has 0 radical (unpaired) electrons. The van der Waals surface area contributed by atoms with Gasteiger partial charge in [0.2, 0.25) is 11.7 Å². The number of thiophene rings is 1. The van der Waals surface area contributed by atoms with Crippen molar-refractivity contribution in [1.29, 1.82) is 0 Å². The molecule has 0 aliphatic heterocycles. The Morgan fingerprint density at radius 1 is 1.11 bits per heavy atom. The van der Waals surface area contributed by atoms with Gasteiger partial charge in [0.1, 0.15) is 5.75 Å². The van der Waals surface area contributed by atoms with Crippen LogP contribution in [-0.2, 0) is 20.9 Å². The summed E-state index contributed by atoms with van der Waals surface area (Å²) in [5.41, 5.74) is 1.63. The Kier molecular flexibility index (Phi) is 7.38. The second-order valence-corrected chi connectivity index (χ2v) is 7.52. The molecule has 8 heteroatoms. The number of hydrogen-bond donors (Lipinski definition) is 1. The van der Waals surface area contributed by atoms with E-state index in [9.17, 15) is 14.4 Å². The van der Waals surface area contributed by atoms with Gasteiger partial charge in [0, 0.05) is 16.8 Å². The Hall–Kier alpha value is -2.38. The number of ketones is 1. The first-order valence-corrected chi connectivity index (χ1v) is 9.37. The third-order valence-corrected chi connectivity index (χ3v) is 4.92. The van der Waals surface area contributed by atoms with E-state index in [1.165, 1.54) is 18.3 Å². The number of carbonyl (C=O) groups excluding carboxylic acids is 3. The lowest BCUT2D eigenvalue weighted by Crippen LogP contribution is -2.19. The molecule has 0 bridgehead atoms. The monoisotopic (exact) mass is 409 g/mol. The van der Waals surface area contributed by atoms with E-state index in [0.29, 0.717) is 22.2 Å². The number of halogens is 1. The first-order chi connectivity index (χ1) is 12.8. The molecule has 27 heavy (non-hydrogen) atoms. The second kappa shape index (κ2) is 9.53. The lowest BCUT2D eigenvalue weighted by Gasteiger charge is -2.12. The first-order valence-electron chi connectivity index (χ1n) is 8.17. The van der Waals surface area contributed by atoms with Crippen molar-refractivity contribution < 1.29 is 23.9 Å². The van der Waals surface area contributed by atoms with Crippen LogP contribution in [0.2, 0.25) is 5.02 Å². The molecule has 1 N–H and O–H groups in total. The zero-order chi connectivity index (χ0) is 20.0. The molecule has 0 aliphatic carbocycles. The molecule has 0 saturated carbocycles. The van der Waals surface area contributed by atoms with Crippen LogP contribution in [0.3, 0.4) is 0 Å². The van der Waals surface area contributed by atoms with E-state index in [2.05, 4.69) is 5.32 Å². The van der Waals surface area contributed by atoms with Gasteiger partial charge in [-0.1, -0.05) is 11.6 Å². The number of esters is 1. The van der Waals surface area contributed by atoms with Crippen LogP contribution >= 0.6 is 22.9 Å². The average Bonchev–Trinajstić information content (AvgIpc) is 3.06. The van der Waals surface area contributed by atoms with Crippen LogP contribution in [0, 0.1) is 13.8 Å². The molecule has 1 aromatic heterocycles. The van der Waals surface area contributed by atoms with Crippen LogP contribution in [-0.4, -0.2) is 30.9 Å². The zero-order valence-corrected chi connectivity index (χ0v) is 16.8. The normalized spacial score (nSPS) is 10.4. The van der Waals surface area contributed by atoms with Gasteiger partial charge in [-0.2, -0.15) is 0 Å². The number of benzene rings is 1. The minimum absolute atomic E-state index is 0.142. The average molecular weight is 410 g/mol. The van der Waals surface area contributed by atoms with E-state index in [1.807, 2.05) is 13.8 Å². The Morgan fingerprint density at radius 2 is 1.78 bits per heavy atom. The van der Waals surface area contributed by atoms with Crippen LogP contribution < -0.4 is 10.1 Å². The SMILES string of the molecule is CC(=O)NCc1ccc(C(=O)COC(=O)COc2c(C)cc(Cl)cc2C)s1. The standard InChI is InChI=1S/C19H20ClNO5S/c1-11-6-14(20)7-12(2)19(11)26-10-18(24)25-9-16(23)17-5-4-15(27-17)8-21-13(3)22/h4-7H,8-10H2,1-3H3,(H,21,22). The number of rotatable bonds is 8. The molecule has 0 aliphatic rings. The number of aryl methyl sites for hydroxylation is 2. The third kappa shape index (κ3) is 6.37. The van der Waals surface area contributed by atoms with Gasteiger partial charge in [0.25, 0.3) is 0 Å². The molecular formula is C19H20ClNO5S. The summed E-state index contributed by atoms with van der Waals surface area (Å²) < 4.78 is 10.5. The van der Waals surface area contributed by atoms with Crippen LogP contribution in [0.4, 0.5) is 0 Å². The maximum absolute atomic E-state index is 12.1. The maximum atomic E-state index is 12.1. The van der Waals surface area contributed by atoms with Crippen molar-refractivity contribution in [3.63, 3.8) is 0 Å². The first kappa shape index (κ1) is 20.9. The molecular weight excluding hydrogens is 390 g/mol. The maximum Gasteiger partial charge on any atom is 0.344 e. The van der Waals surface area contributed by atoms with Gasteiger partial charge >= 0.3 is 5.97 Å². The van der Waals surface area contributed by atoms with Crippen molar-refractivity contribution in [3.05, 3.63) is 50.2 Å². The van der Waals surface area contributed by atoms with E-state index in [-0.39, 0.29) is 24.9 Å². The Balaban J connectivity index is 1.82. The second-order valence-electron chi connectivity index (χ2n) is 5.92. The smallest absolute Gasteiger partial charge is 0.344 e. The lowest BCUT2D eigenvalue weighted by molar-refractivity contribution is -0.144. The molecule has 0 fully saturated rings. The lowest BCUT2D eigenvalue weighted by atomic mass is 10.1. The minimum Gasteiger partial charge on any atom is -0.481 e. The number of Topliss-reactive ketones (excluding diaryl/α,β-unsaturated/α-hetero) is 1. The molecule has 2 aromatic rings. The van der Waals surface area contributed by atoms with Gasteiger partial charge in [-0.3, -0.25) is 9.59 Å². The van der Waals surface area contributed by atoms with E-state index in [0.717, 1.165) is 16.0 Å². The van der Waals surface area contributed by atoms with Crippen molar-refractivity contribution in [2.45, 2.75) is 27.3 Å². The summed E-state index contributed by atoms with van der Waals surface area (Å²) in [4.78, 5) is 36.2. The number of carbonyl (C=O) groups is 3. The molecule has 0 spiro atoms.